The van der Waals surface area contributed by atoms with Crippen molar-refractivity contribution in [3.63, 3.8) is 0 Å². The van der Waals surface area contributed by atoms with Gasteiger partial charge in [0, 0.05) is 21.5 Å². The summed E-state index contributed by atoms with van der Waals surface area (Å²) in [5, 5.41) is 8.56. The summed E-state index contributed by atoms with van der Waals surface area (Å²) in [4.78, 5) is 25.9. The summed E-state index contributed by atoms with van der Waals surface area (Å²) in [5.41, 5.74) is 8.69. The van der Waals surface area contributed by atoms with Crippen molar-refractivity contribution >= 4 is 27.7 Å². The van der Waals surface area contributed by atoms with Gasteiger partial charge in [0.1, 0.15) is 6.04 Å². The van der Waals surface area contributed by atoms with Crippen molar-refractivity contribution in [3.05, 3.63) is 44.7 Å². The van der Waals surface area contributed by atoms with Crippen LogP contribution in [0.4, 0.5) is 0 Å². The molecule has 0 saturated carbocycles. The monoisotopic (exact) mass is 323 g/mol. The quantitative estimate of drug-likeness (QED) is 0.377. The second kappa shape index (κ2) is 5.73. The Morgan fingerprint density at radius 1 is 1.47 bits per heavy atom. The lowest BCUT2D eigenvalue weighted by Gasteiger charge is -2.36. The predicted octanol–water partition coefficient (Wildman–Crippen LogP) is 1.36. The Labute approximate surface area is 117 Å². The van der Waals surface area contributed by atoms with Gasteiger partial charge in [0.25, 0.3) is 5.91 Å². The Morgan fingerprint density at radius 2 is 2.16 bits per heavy atom. The third-order valence-electron chi connectivity index (χ3n) is 2.75. The van der Waals surface area contributed by atoms with E-state index in [1.54, 1.807) is 24.3 Å². The second-order valence-electron chi connectivity index (χ2n) is 3.99. The first-order valence-corrected chi connectivity index (χ1v) is 6.29. The maximum absolute atomic E-state index is 11.9. The maximum Gasteiger partial charge on any atom is 0.251 e. The van der Waals surface area contributed by atoms with Gasteiger partial charge in [-0.1, -0.05) is 21.0 Å². The van der Waals surface area contributed by atoms with Crippen LogP contribution in [0.15, 0.2) is 33.9 Å². The van der Waals surface area contributed by atoms with E-state index in [9.17, 15) is 9.59 Å². The van der Waals surface area contributed by atoms with E-state index in [-0.39, 0.29) is 24.4 Å². The van der Waals surface area contributed by atoms with E-state index >= 15 is 0 Å². The van der Waals surface area contributed by atoms with Crippen molar-refractivity contribution in [2.24, 2.45) is 5.11 Å². The van der Waals surface area contributed by atoms with Crippen molar-refractivity contribution < 1.29 is 9.59 Å². The smallest absolute Gasteiger partial charge is 0.251 e. The van der Waals surface area contributed by atoms with Crippen LogP contribution in [0.3, 0.4) is 0 Å². The summed E-state index contributed by atoms with van der Waals surface area (Å²) in [5.74, 6) is -0.609. The molecular weight excluding hydrogens is 314 g/mol. The molecule has 1 saturated heterocycles. The highest BCUT2D eigenvalue weighted by Gasteiger charge is 2.39. The number of rotatable bonds is 4. The standard InChI is InChI=1S/C11H10BrN5O2/c12-7-3-1-6(2-4-7)10(18)16-9-8(5-14-17-13)15-11(9)19/h1-4,8-9H,5H2,(H,15,19)(H,16,18)/t8-,9+/m0/s1. The van der Waals surface area contributed by atoms with Gasteiger partial charge in [0.15, 0.2) is 0 Å². The molecule has 1 aliphatic heterocycles. The van der Waals surface area contributed by atoms with Crippen LogP contribution in [-0.4, -0.2) is 30.4 Å². The van der Waals surface area contributed by atoms with E-state index in [0.29, 0.717) is 5.56 Å². The fraction of sp³-hybridized carbons (Fsp3) is 0.273. The highest BCUT2D eigenvalue weighted by Crippen LogP contribution is 2.12. The van der Waals surface area contributed by atoms with Gasteiger partial charge < -0.3 is 10.6 Å². The van der Waals surface area contributed by atoms with Crippen LogP contribution in [0.25, 0.3) is 10.4 Å². The maximum atomic E-state index is 11.9. The SMILES string of the molecule is [N-]=[N+]=NC[C@@H]1NC(=O)[C@@H]1NC(=O)c1ccc(Br)cc1. The highest BCUT2D eigenvalue weighted by atomic mass is 79.9. The van der Waals surface area contributed by atoms with Gasteiger partial charge in [-0.15, -0.1) is 0 Å². The molecule has 2 N–H and O–H groups in total. The Morgan fingerprint density at radius 3 is 2.74 bits per heavy atom. The lowest BCUT2D eigenvalue weighted by molar-refractivity contribution is -0.131. The minimum absolute atomic E-state index is 0.119. The Balaban J connectivity index is 1.99. The minimum atomic E-state index is -0.651. The van der Waals surface area contributed by atoms with E-state index in [2.05, 4.69) is 36.6 Å². The number of nitrogens with one attached hydrogen (secondary N) is 2. The molecule has 0 aliphatic carbocycles. The van der Waals surface area contributed by atoms with Crippen LogP contribution in [0.5, 0.6) is 0 Å². The molecule has 1 heterocycles. The molecular formula is C11H10BrN5O2. The molecule has 8 heteroatoms. The first-order chi connectivity index (χ1) is 9.11. The normalized spacial score (nSPS) is 20.8. The number of benzene rings is 1. The van der Waals surface area contributed by atoms with Crippen molar-refractivity contribution in [1.29, 1.82) is 0 Å². The van der Waals surface area contributed by atoms with Gasteiger partial charge in [-0.3, -0.25) is 9.59 Å². The third kappa shape index (κ3) is 3.04. The highest BCUT2D eigenvalue weighted by molar-refractivity contribution is 9.10. The number of halogens is 1. The summed E-state index contributed by atoms with van der Waals surface area (Å²) >= 11 is 3.28. The van der Waals surface area contributed by atoms with Gasteiger partial charge in [-0.25, -0.2) is 0 Å². The molecule has 0 bridgehead atoms. The minimum Gasteiger partial charge on any atom is -0.349 e. The summed E-state index contributed by atoms with van der Waals surface area (Å²) in [6, 6.07) is 5.79. The largest absolute Gasteiger partial charge is 0.349 e. The molecule has 1 aliphatic rings. The average Bonchev–Trinajstić information content (AvgIpc) is 2.41. The molecule has 0 aromatic heterocycles. The predicted molar refractivity (Wildman–Crippen MR) is 71.3 cm³/mol. The molecule has 98 valence electrons. The van der Waals surface area contributed by atoms with Crippen LogP contribution >= 0.6 is 15.9 Å². The van der Waals surface area contributed by atoms with Gasteiger partial charge in [-0.2, -0.15) is 0 Å². The Kier molecular flexibility index (Phi) is 4.03. The number of azide groups is 1. The van der Waals surface area contributed by atoms with Gasteiger partial charge in [-0.05, 0) is 29.8 Å². The summed E-state index contributed by atoms with van der Waals surface area (Å²) < 4.78 is 0.867. The van der Waals surface area contributed by atoms with Crippen LogP contribution < -0.4 is 10.6 Å². The number of hydrogen-bond donors (Lipinski definition) is 2. The van der Waals surface area contributed by atoms with Crippen LogP contribution in [0.1, 0.15) is 10.4 Å². The lowest BCUT2D eigenvalue weighted by Crippen LogP contribution is -2.70. The molecule has 19 heavy (non-hydrogen) atoms. The van der Waals surface area contributed by atoms with Gasteiger partial charge in [0.05, 0.1) is 6.04 Å². The Hall–Kier alpha value is -2.05. The fourth-order valence-corrected chi connectivity index (χ4v) is 1.97. The van der Waals surface area contributed by atoms with Crippen molar-refractivity contribution in [1.82, 2.24) is 10.6 Å². The summed E-state index contributed by atoms with van der Waals surface area (Å²) in [6.07, 6.45) is 0. The molecule has 1 fully saturated rings. The van der Waals surface area contributed by atoms with E-state index in [0.717, 1.165) is 4.47 Å². The first-order valence-electron chi connectivity index (χ1n) is 5.49. The number of nitrogens with zero attached hydrogens (tertiary/aromatic N) is 3. The van der Waals surface area contributed by atoms with Crippen molar-refractivity contribution in [2.45, 2.75) is 12.1 Å². The lowest BCUT2D eigenvalue weighted by atomic mass is 9.98. The fourth-order valence-electron chi connectivity index (χ4n) is 1.71. The average molecular weight is 324 g/mol. The third-order valence-corrected chi connectivity index (χ3v) is 3.28. The van der Waals surface area contributed by atoms with Crippen molar-refractivity contribution in [2.75, 3.05) is 6.54 Å². The zero-order valence-electron chi connectivity index (χ0n) is 9.71. The van der Waals surface area contributed by atoms with Gasteiger partial charge in [0.2, 0.25) is 5.91 Å². The van der Waals surface area contributed by atoms with Crippen molar-refractivity contribution in [3.8, 4) is 0 Å². The topological polar surface area (TPSA) is 107 Å². The van der Waals surface area contributed by atoms with Crippen LogP contribution in [0, 0.1) is 0 Å². The molecule has 2 rings (SSSR count). The Bertz CT molecular complexity index is 553. The number of hydrogen-bond acceptors (Lipinski definition) is 3. The number of β-lactam (4-membered cyclic amide) rings is 1. The zero-order chi connectivity index (χ0) is 13.8. The summed E-state index contributed by atoms with van der Waals surface area (Å²) in [7, 11) is 0. The zero-order valence-corrected chi connectivity index (χ0v) is 11.3. The van der Waals surface area contributed by atoms with Crippen LogP contribution in [0.2, 0.25) is 0 Å². The number of carbonyl (C=O) groups excluding carboxylic acids is 2. The van der Waals surface area contributed by atoms with E-state index < -0.39 is 6.04 Å². The molecule has 1 aromatic carbocycles. The molecule has 0 unspecified atom stereocenters. The number of amides is 2. The second-order valence-corrected chi connectivity index (χ2v) is 4.90. The molecule has 7 nitrogen and oxygen atoms in total. The molecule has 0 radical (unpaired) electrons. The van der Waals surface area contributed by atoms with Gasteiger partial charge >= 0.3 is 0 Å². The van der Waals surface area contributed by atoms with E-state index in [4.69, 9.17) is 5.53 Å². The molecule has 2 atom stereocenters. The van der Waals surface area contributed by atoms with E-state index in [1.807, 2.05) is 0 Å². The first kappa shape index (κ1) is 13.4. The summed E-state index contributed by atoms with van der Waals surface area (Å²) in [6.45, 7) is 0.119. The van der Waals surface area contributed by atoms with E-state index in [1.165, 1.54) is 0 Å². The van der Waals surface area contributed by atoms with Crippen LogP contribution in [-0.2, 0) is 4.79 Å². The molecule has 0 spiro atoms. The number of carbonyl (C=O) groups is 2. The molecule has 2 amide bonds. The molecule has 1 aromatic rings.